The van der Waals surface area contributed by atoms with Crippen LogP contribution in [0.5, 0.6) is 0 Å². The van der Waals surface area contributed by atoms with Crippen LogP contribution in [0.25, 0.3) is 0 Å². The summed E-state index contributed by atoms with van der Waals surface area (Å²) in [5.74, 6) is 0.286. The van der Waals surface area contributed by atoms with Gasteiger partial charge in [0.25, 0.3) is 5.56 Å². The summed E-state index contributed by atoms with van der Waals surface area (Å²) in [5.41, 5.74) is 4.59. The van der Waals surface area contributed by atoms with Gasteiger partial charge in [-0.1, -0.05) is 29.3 Å². The van der Waals surface area contributed by atoms with Gasteiger partial charge in [0.15, 0.2) is 0 Å². The van der Waals surface area contributed by atoms with E-state index >= 15 is 0 Å². The smallest absolute Gasteiger partial charge is 0.252 e. The Kier molecular flexibility index (Phi) is 4.42. The topological polar surface area (TPSA) is 70.1 Å². The fraction of sp³-hybridized carbons (Fsp3) is 0.154. The Morgan fingerprint density at radius 2 is 2.05 bits per heavy atom. The zero-order valence-electron chi connectivity index (χ0n) is 10.9. The second-order valence-corrected chi connectivity index (χ2v) is 4.99. The summed E-state index contributed by atoms with van der Waals surface area (Å²) in [4.78, 5) is 17.9. The molecule has 0 unspecified atom stereocenters. The number of nitrogens with zero attached hydrogens (tertiary/aromatic N) is 2. The molecule has 1 heterocycles. The Bertz CT molecular complexity index is 725. The van der Waals surface area contributed by atoms with Crippen molar-refractivity contribution < 1.29 is 0 Å². The number of anilines is 1. The van der Waals surface area contributed by atoms with E-state index in [1.54, 1.807) is 32.0 Å². The minimum absolute atomic E-state index is 0.234. The molecule has 0 aliphatic rings. The molecule has 0 aliphatic heterocycles. The van der Waals surface area contributed by atoms with Gasteiger partial charge in [-0.05, 0) is 31.5 Å². The first-order valence-corrected chi connectivity index (χ1v) is 6.55. The average molecular weight is 311 g/mol. The van der Waals surface area contributed by atoms with Crippen molar-refractivity contribution in [1.82, 2.24) is 9.97 Å². The van der Waals surface area contributed by atoms with Crippen LogP contribution in [-0.4, -0.2) is 15.7 Å². The van der Waals surface area contributed by atoms with Gasteiger partial charge in [-0.25, -0.2) is 10.4 Å². The van der Waals surface area contributed by atoms with Crippen molar-refractivity contribution in [2.45, 2.75) is 13.8 Å². The number of hydrazone groups is 1. The van der Waals surface area contributed by atoms with Gasteiger partial charge in [-0.3, -0.25) is 9.78 Å². The van der Waals surface area contributed by atoms with Crippen molar-refractivity contribution in [1.29, 1.82) is 0 Å². The molecule has 0 amide bonds. The minimum Gasteiger partial charge on any atom is -0.291 e. The number of halogens is 2. The van der Waals surface area contributed by atoms with Crippen molar-refractivity contribution in [2.75, 3.05) is 5.43 Å². The predicted octanol–water partition coefficient (Wildman–Crippen LogP) is 3.22. The maximum absolute atomic E-state index is 11.3. The lowest BCUT2D eigenvalue weighted by Crippen LogP contribution is -2.11. The molecule has 2 N–H and O–H groups in total. The van der Waals surface area contributed by atoms with E-state index in [1.165, 1.54) is 6.07 Å². The van der Waals surface area contributed by atoms with E-state index in [4.69, 9.17) is 23.2 Å². The molecule has 0 bridgehead atoms. The third-order valence-corrected chi connectivity index (χ3v) is 3.28. The van der Waals surface area contributed by atoms with Crippen molar-refractivity contribution in [2.24, 2.45) is 5.10 Å². The zero-order valence-corrected chi connectivity index (χ0v) is 12.4. The summed E-state index contributed by atoms with van der Waals surface area (Å²) in [5, 5.41) is 5.10. The Morgan fingerprint density at radius 1 is 1.30 bits per heavy atom. The first-order chi connectivity index (χ1) is 9.45. The van der Waals surface area contributed by atoms with Gasteiger partial charge in [0.1, 0.15) is 0 Å². The van der Waals surface area contributed by atoms with Crippen LogP contribution >= 0.6 is 23.2 Å². The lowest BCUT2D eigenvalue weighted by Gasteiger charge is -2.04. The van der Waals surface area contributed by atoms with Crippen LogP contribution in [0.4, 0.5) is 5.95 Å². The van der Waals surface area contributed by atoms with Crippen LogP contribution in [0.3, 0.4) is 0 Å². The molecule has 20 heavy (non-hydrogen) atoms. The molecule has 1 aromatic carbocycles. The van der Waals surface area contributed by atoms with E-state index in [-0.39, 0.29) is 11.5 Å². The highest BCUT2D eigenvalue weighted by molar-refractivity contribution is 6.42. The molecule has 5 nitrogen and oxygen atoms in total. The van der Waals surface area contributed by atoms with E-state index in [0.29, 0.717) is 21.5 Å². The number of benzene rings is 1. The Labute approximate surface area is 125 Å². The van der Waals surface area contributed by atoms with E-state index in [2.05, 4.69) is 20.5 Å². The monoisotopic (exact) mass is 310 g/mol. The van der Waals surface area contributed by atoms with E-state index in [0.717, 1.165) is 5.56 Å². The second kappa shape index (κ2) is 6.07. The molecule has 2 aromatic rings. The summed E-state index contributed by atoms with van der Waals surface area (Å²) >= 11 is 11.8. The number of aryl methyl sites for hydroxylation is 1. The summed E-state index contributed by atoms with van der Waals surface area (Å²) in [6.45, 7) is 3.54. The van der Waals surface area contributed by atoms with Crippen LogP contribution in [0, 0.1) is 6.92 Å². The van der Waals surface area contributed by atoms with Crippen LogP contribution in [0.15, 0.2) is 34.2 Å². The number of hydrogen-bond donors (Lipinski definition) is 2. The normalized spacial score (nSPS) is 11.5. The third kappa shape index (κ3) is 3.59. The fourth-order valence-corrected chi connectivity index (χ4v) is 1.85. The number of aromatic nitrogens is 2. The van der Waals surface area contributed by atoms with Gasteiger partial charge in [-0.15, -0.1) is 0 Å². The largest absolute Gasteiger partial charge is 0.291 e. The molecule has 0 radical (unpaired) electrons. The average Bonchev–Trinajstić information content (AvgIpc) is 2.38. The molecule has 7 heteroatoms. The molecule has 0 saturated carbocycles. The molecule has 1 aromatic heterocycles. The highest BCUT2D eigenvalue weighted by Gasteiger charge is 2.03. The van der Waals surface area contributed by atoms with Gasteiger partial charge in [0, 0.05) is 11.8 Å². The quantitative estimate of drug-likeness (QED) is 0.675. The van der Waals surface area contributed by atoms with Crippen LogP contribution in [0.2, 0.25) is 10.0 Å². The van der Waals surface area contributed by atoms with Crippen molar-refractivity contribution in [3.05, 3.63) is 55.9 Å². The molecule has 104 valence electrons. The number of aromatic amines is 1. The summed E-state index contributed by atoms with van der Waals surface area (Å²) in [6, 6.07) is 6.63. The maximum Gasteiger partial charge on any atom is 0.252 e. The molecule has 2 rings (SSSR count). The third-order valence-electron chi connectivity index (χ3n) is 2.54. The van der Waals surface area contributed by atoms with Gasteiger partial charge < -0.3 is 0 Å². The highest BCUT2D eigenvalue weighted by Crippen LogP contribution is 2.22. The molecule has 0 spiro atoms. The highest BCUT2D eigenvalue weighted by atomic mass is 35.5. The molecular weight excluding hydrogens is 299 g/mol. The number of nitrogens with one attached hydrogen (secondary N) is 2. The van der Waals surface area contributed by atoms with Gasteiger partial charge in [0.05, 0.1) is 15.8 Å². The van der Waals surface area contributed by atoms with E-state index in [1.807, 2.05) is 0 Å². The van der Waals surface area contributed by atoms with Crippen LogP contribution in [0.1, 0.15) is 18.2 Å². The molecular formula is C13H12Cl2N4O. The number of H-pyrrole nitrogens is 1. The molecule has 0 fully saturated rings. The Morgan fingerprint density at radius 3 is 2.70 bits per heavy atom. The zero-order chi connectivity index (χ0) is 14.7. The second-order valence-electron chi connectivity index (χ2n) is 4.17. The van der Waals surface area contributed by atoms with E-state index < -0.39 is 0 Å². The van der Waals surface area contributed by atoms with Crippen molar-refractivity contribution >= 4 is 34.9 Å². The predicted molar refractivity (Wildman–Crippen MR) is 81.9 cm³/mol. The van der Waals surface area contributed by atoms with Gasteiger partial charge in [-0.2, -0.15) is 5.10 Å². The first-order valence-electron chi connectivity index (χ1n) is 5.79. The standard InChI is InChI=1S/C13H12Cl2N4O/c1-7-5-12(20)17-13(16-7)19-18-8(2)9-3-4-10(14)11(15)6-9/h3-6H,1-2H3,(H2,16,17,19,20)/b18-8+. The van der Waals surface area contributed by atoms with Gasteiger partial charge in [0.2, 0.25) is 5.95 Å². The molecule has 0 saturated heterocycles. The lowest BCUT2D eigenvalue weighted by molar-refractivity contribution is 1.04. The first kappa shape index (κ1) is 14.6. The maximum atomic E-state index is 11.3. The van der Waals surface area contributed by atoms with E-state index in [9.17, 15) is 4.79 Å². The fourth-order valence-electron chi connectivity index (χ4n) is 1.55. The molecule has 0 atom stereocenters. The van der Waals surface area contributed by atoms with Crippen LogP contribution in [-0.2, 0) is 0 Å². The van der Waals surface area contributed by atoms with Crippen molar-refractivity contribution in [3.8, 4) is 0 Å². The Hall–Kier alpha value is -1.85. The summed E-state index contributed by atoms with van der Waals surface area (Å²) in [6.07, 6.45) is 0. The van der Waals surface area contributed by atoms with Gasteiger partial charge >= 0.3 is 0 Å². The number of rotatable bonds is 3. The van der Waals surface area contributed by atoms with Crippen LogP contribution < -0.4 is 11.0 Å². The SMILES string of the molecule is C/C(=N\Nc1nc(C)cc(=O)[nH]1)c1ccc(Cl)c(Cl)c1. The Balaban J connectivity index is 2.22. The summed E-state index contributed by atoms with van der Waals surface area (Å²) in [7, 11) is 0. The minimum atomic E-state index is -0.234. The molecule has 0 aliphatic carbocycles. The lowest BCUT2D eigenvalue weighted by atomic mass is 10.1. The van der Waals surface area contributed by atoms with Crippen molar-refractivity contribution in [3.63, 3.8) is 0 Å². The summed E-state index contributed by atoms with van der Waals surface area (Å²) < 4.78 is 0. The number of hydrogen-bond acceptors (Lipinski definition) is 4.